The lowest BCUT2D eigenvalue weighted by Gasteiger charge is -2.17. The molecule has 1 rings (SSSR count). The van der Waals surface area contributed by atoms with E-state index in [1.165, 1.54) is 24.8 Å². The van der Waals surface area contributed by atoms with Crippen molar-refractivity contribution < 1.29 is 0 Å². The zero-order valence-corrected chi connectivity index (χ0v) is 9.24. The van der Waals surface area contributed by atoms with Crippen LogP contribution in [0.4, 0.5) is 0 Å². The second-order valence-corrected chi connectivity index (χ2v) is 3.80. The van der Waals surface area contributed by atoms with Crippen LogP contribution < -0.4 is 0 Å². The number of hydrogen-bond donors (Lipinski definition) is 0. The summed E-state index contributed by atoms with van der Waals surface area (Å²) >= 11 is 0. The van der Waals surface area contributed by atoms with Crippen molar-refractivity contribution in [3.8, 4) is 0 Å². The Morgan fingerprint density at radius 1 is 1.43 bits per heavy atom. The molecular formula is C14H20. The fourth-order valence-electron chi connectivity index (χ4n) is 1.71. The maximum Gasteiger partial charge on any atom is -0.0165 e. The minimum Gasteiger partial charge on any atom is -0.0877 e. The van der Waals surface area contributed by atoms with Gasteiger partial charge in [-0.2, -0.15) is 0 Å². The van der Waals surface area contributed by atoms with Crippen LogP contribution in [0.25, 0.3) is 0 Å². The molecule has 0 spiro atoms. The monoisotopic (exact) mass is 188 g/mol. The van der Waals surface area contributed by atoms with Gasteiger partial charge in [0.1, 0.15) is 0 Å². The van der Waals surface area contributed by atoms with Gasteiger partial charge in [0.15, 0.2) is 0 Å². The zero-order chi connectivity index (χ0) is 10.2. The summed E-state index contributed by atoms with van der Waals surface area (Å²) in [6.45, 7) is 4.28. The Bertz CT molecular complexity index is 264. The zero-order valence-electron chi connectivity index (χ0n) is 9.24. The summed E-state index contributed by atoms with van der Waals surface area (Å²) < 4.78 is 0. The van der Waals surface area contributed by atoms with Crippen molar-refractivity contribution in [1.82, 2.24) is 0 Å². The summed E-state index contributed by atoms with van der Waals surface area (Å²) in [5.41, 5.74) is 1.53. The third-order valence-electron chi connectivity index (χ3n) is 2.68. The first-order chi connectivity index (χ1) is 6.84. The molecule has 0 saturated carbocycles. The molecule has 0 bridgehead atoms. The Morgan fingerprint density at radius 2 is 2.29 bits per heavy atom. The average molecular weight is 188 g/mol. The van der Waals surface area contributed by atoms with E-state index in [1.807, 2.05) is 6.92 Å². The molecule has 0 aliphatic heterocycles. The van der Waals surface area contributed by atoms with Crippen molar-refractivity contribution in [2.75, 3.05) is 0 Å². The second-order valence-electron chi connectivity index (χ2n) is 3.80. The molecule has 0 amide bonds. The first-order valence-electron chi connectivity index (χ1n) is 5.45. The minimum absolute atomic E-state index is 0.773. The Kier molecular flexibility index (Phi) is 5.06. The maximum absolute atomic E-state index is 2.27. The summed E-state index contributed by atoms with van der Waals surface area (Å²) in [5, 5.41) is 0. The smallest absolute Gasteiger partial charge is 0.0165 e. The Balaban J connectivity index is 2.25. The van der Waals surface area contributed by atoms with Crippen LogP contribution in [0.2, 0.25) is 0 Å². The highest BCUT2D eigenvalue weighted by atomic mass is 14.1. The van der Waals surface area contributed by atoms with Gasteiger partial charge in [0, 0.05) is 0 Å². The van der Waals surface area contributed by atoms with E-state index in [0.29, 0.717) is 0 Å². The molecule has 1 aliphatic rings. The largest absolute Gasteiger partial charge is 0.0877 e. The van der Waals surface area contributed by atoms with Gasteiger partial charge in [-0.3, -0.25) is 0 Å². The minimum atomic E-state index is 0.773. The molecule has 0 saturated heterocycles. The molecule has 1 aliphatic carbocycles. The number of allylic oxidation sites excluding steroid dienone is 8. The maximum atomic E-state index is 2.27. The Morgan fingerprint density at radius 3 is 3.00 bits per heavy atom. The molecule has 0 aromatic rings. The predicted octanol–water partition coefficient (Wildman–Crippen LogP) is 4.42. The fraction of sp³-hybridized carbons (Fsp3) is 0.429. The molecule has 0 aromatic carbocycles. The molecule has 1 atom stereocenters. The molecule has 0 fully saturated rings. The van der Waals surface area contributed by atoms with Crippen LogP contribution in [-0.4, -0.2) is 0 Å². The van der Waals surface area contributed by atoms with Gasteiger partial charge in [0.2, 0.25) is 0 Å². The van der Waals surface area contributed by atoms with Crippen LogP contribution in [0, 0.1) is 5.92 Å². The standard InChI is InChI=1S/C14H20/c1-3-4-5-6-7-11-14-12-9-8-10-13(14)2/h3-6,8-10,14H,7,11-12H2,1-2H3/b4-3-,6-5-. The Hall–Kier alpha value is -1.04. The molecule has 1 unspecified atom stereocenters. The lowest BCUT2D eigenvalue weighted by Crippen LogP contribution is -2.02. The molecule has 0 N–H and O–H groups in total. The van der Waals surface area contributed by atoms with Crippen LogP contribution in [0.1, 0.15) is 33.1 Å². The molecule has 0 radical (unpaired) electrons. The van der Waals surface area contributed by atoms with Crippen molar-refractivity contribution in [2.45, 2.75) is 33.1 Å². The van der Waals surface area contributed by atoms with Gasteiger partial charge in [-0.15, -0.1) is 0 Å². The summed E-state index contributed by atoms with van der Waals surface area (Å²) in [6.07, 6.45) is 18.9. The van der Waals surface area contributed by atoms with E-state index in [9.17, 15) is 0 Å². The molecule has 0 nitrogen and oxygen atoms in total. The van der Waals surface area contributed by atoms with Gasteiger partial charge < -0.3 is 0 Å². The van der Waals surface area contributed by atoms with Crippen LogP contribution in [-0.2, 0) is 0 Å². The van der Waals surface area contributed by atoms with Crippen LogP contribution in [0.3, 0.4) is 0 Å². The summed E-state index contributed by atoms with van der Waals surface area (Å²) in [7, 11) is 0. The summed E-state index contributed by atoms with van der Waals surface area (Å²) in [6, 6.07) is 0. The van der Waals surface area contributed by atoms with Crippen molar-refractivity contribution in [1.29, 1.82) is 0 Å². The number of rotatable bonds is 4. The molecular weight excluding hydrogens is 168 g/mol. The highest BCUT2D eigenvalue weighted by molar-refractivity contribution is 5.19. The van der Waals surface area contributed by atoms with Crippen molar-refractivity contribution in [3.05, 3.63) is 48.1 Å². The molecule has 0 heterocycles. The SMILES string of the molecule is C/C=C\C=C/CCC1CC=CC=C1C. The van der Waals surface area contributed by atoms with Crippen molar-refractivity contribution in [3.63, 3.8) is 0 Å². The van der Waals surface area contributed by atoms with E-state index >= 15 is 0 Å². The van der Waals surface area contributed by atoms with Gasteiger partial charge in [-0.1, -0.05) is 48.1 Å². The highest BCUT2D eigenvalue weighted by Crippen LogP contribution is 2.24. The van der Waals surface area contributed by atoms with E-state index in [0.717, 1.165) is 5.92 Å². The first-order valence-corrected chi connectivity index (χ1v) is 5.45. The van der Waals surface area contributed by atoms with Crippen LogP contribution in [0.5, 0.6) is 0 Å². The third-order valence-corrected chi connectivity index (χ3v) is 2.68. The normalized spacial score (nSPS) is 22.1. The van der Waals surface area contributed by atoms with Crippen molar-refractivity contribution >= 4 is 0 Å². The van der Waals surface area contributed by atoms with Crippen LogP contribution >= 0.6 is 0 Å². The molecule has 14 heavy (non-hydrogen) atoms. The van der Waals surface area contributed by atoms with Gasteiger partial charge >= 0.3 is 0 Å². The molecule has 0 heteroatoms. The van der Waals surface area contributed by atoms with E-state index in [1.54, 1.807) is 0 Å². The van der Waals surface area contributed by atoms with Gasteiger partial charge in [0.25, 0.3) is 0 Å². The second kappa shape index (κ2) is 6.42. The van der Waals surface area contributed by atoms with Gasteiger partial charge in [-0.25, -0.2) is 0 Å². The highest BCUT2D eigenvalue weighted by Gasteiger charge is 2.09. The third kappa shape index (κ3) is 3.78. The lowest BCUT2D eigenvalue weighted by atomic mass is 9.89. The molecule has 0 aromatic heterocycles. The fourth-order valence-corrected chi connectivity index (χ4v) is 1.71. The molecule has 76 valence electrons. The van der Waals surface area contributed by atoms with E-state index in [2.05, 4.69) is 49.5 Å². The number of hydrogen-bond acceptors (Lipinski definition) is 0. The topological polar surface area (TPSA) is 0 Å². The van der Waals surface area contributed by atoms with E-state index in [4.69, 9.17) is 0 Å². The van der Waals surface area contributed by atoms with Gasteiger partial charge in [-0.05, 0) is 39.0 Å². The van der Waals surface area contributed by atoms with Crippen molar-refractivity contribution in [2.24, 2.45) is 5.92 Å². The van der Waals surface area contributed by atoms with Crippen LogP contribution in [0.15, 0.2) is 48.1 Å². The van der Waals surface area contributed by atoms with E-state index < -0.39 is 0 Å². The average Bonchev–Trinajstić information content (AvgIpc) is 2.20. The summed E-state index contributed by atoms with van der Waals surface area (Å²) in [5.74, 6) is 0.773. The first kappa shape index (κ1) is 11.0. The predicted molar refractivity (Wildman–Crippen MR) is 64.2 cm³/mol. The van der Waals surface area contributed by atoms with E-state index in [-0.39, 0.29) is 0 Å². The Labute approximate surface area is 87.7 Å². The quantitative estimate of drug-likeness (QED) is 0.573. The summed E-state index contributed by atoms with van der Waals surface area (Å²) in [4.78, 5) is 0. The van der Waals surface area contributed by atoms with Gasteiger partial charge in [0.05, 0.1) is 0 Å². The lowest BCUT2D eigenvalue weighted by molar-refractivity contribution is 0.568.